The van der Waals surface area contributed by atoms with Gasteiger partial charge in [0.05, 0.1) is 21.7 Å². The van der Waals surface area contributed by atoms with Crippen molar-refractivity contribution in [2.75, 3.05) is 7.05 Å². The first-order valence-electron chi connectivity index (χ1n) is 7.67. The smallest absolute Gasteiger partial charge is 0.255 e. The van der Waals surface area contributed by atoms with E-state index in [0.717, 1.165) is 5.56 Å². The molecule has 9 heteroatoms. The summed E-state index contributed by atoms with van der Waals surface area (Å²) in [5, 5.41) is 4.31. The van der Waals surface area contributed by atoms with E-state index >= 15 is 0 Å². The van der Waals surface area contributed by atoms with E-state index in [1.54, 1.807) is 22.8 Å². The van der Waals surface area contributed by atoms with Gasteiger partial charge in [0, 0.05) is 31.4 Å². The van der Waals surface area contributed by atoms with E-state index in [1.807, 2.05) is 20.0 Å². The van der Waals surface area contributed by atoms with Crippen molar-refractivity contribution in [1.82, 2.24) is 19.4 Å². The van der Waals surface area contributed by atoms with Crippen LogP contribution in [0.2, 0.25) is 5.02 Å². The maximum atomic E-state index is 13.0. The molecule has 0 saturated heterocycles. The first kappa shape index (κ1) is 19.4. The first-order valence-corrected chi connectivity index (χ1v) is 9.53. The van der Waals surface area contributed by atoms with Gasteiger partial charge in [0.25, 0.3) is 5.91 Å². The van der Waals surface area contributed by atoms with Crippen molar-refractivity contribution < 1.29 is 13.2 Å². The van der Waals surface area contributed by atoms with Gasteiger partial charge in [-0.05, 0) is 39.1 Å². The van der Waals surface area contributed by atoms with E-state index in [4.69, 9.17) is 11.6 Å². The van der Waals surface area contributed by atoms with Crippen LogP contribution in [0.5, 0.6) is 0 Å². The zero-order valence-corrected chi connectivity index (χ0v) is 16.1. The average Bonchev–Trinajstić information content (AvgIpc) is 2.97. The van der Waals surface area contributed by atoms with Crippen LogP contribution in [0.25, 0.3) is 0 Å². The molecule has 1 amide bonds. The molecular formula is C16H21ClN4O3S. The molecule has 0 aliphatic rings. The first-order chi connectivity index (χ1) is 11.7. The third-order valence-corrected chi connectivity index (χ3v) is 5.48. The Hall–Kier alpha value is -1.90. The summed E-state index contributed by atoms with van der Waals surface area (Å²) in [5.74, 6) is -0.336. The van der Waals surface area contributed by atoms with Crippen LogP contribution < -0.4 is 4.72 Å². The minimum Gasteiger partial charge on any atom is -0.332 e. The zero-order chi connectivity index (χ0) is 18.8. The second-order valence-corrected chi connectivity index (χ2v) is 8.19. The summed E-state index contributed by atoms with van der Waals surface area (Å²) in [6.07, 6.45) is 3.51. The van der Waals surface area contributed by atoms with Gasteiger partial charge in [0.2, 0.25) is 10.0 Å². The quantitative estimate of drug-likeness (QED) is 0.825. The zero-order valence-electron chi connectivity index (χ0n) is 14.5. The van der Waals surface area contributed by atoms with Crippen LogP contribution >= 0.6 is 11.6 Å². The Morgan fingerprint density at radius 2 is 2.08 bits per heavy atom. The molecule has 1 aromatic carbocycles. The number of nitrogens with zero attached hydrogens (tertiary/aromatic N) is 3. The third kappa shape index (κ3) is 4.39. The maximum absolute atomic E-state index is 13.0. The van der Waals surface area contributed by atoms with E-state index < -0.39 is 10.0 Å². The van der Waals surface area contributed by atoms with Gasteiger partial charge in [-0.2, -0.15) is 5.10 Å². The van der Waals surface area contributed by atoms with Gasteiger partial charge in [0.1, 0.15) is 0 Å². The molecule has 0 unspecified atom stereocenters. The molecule has 1 heterocycles. The van der Waals surface area contributed by atoms with E-state index in [0.29, 0.717) is 6.54 Å². The van der Waals surface area contributed by atoms with E-state index in [-0.39, 0.29) is 27.4 Å². The van der Waals surface area contributed by atoms with Gasteiger partial charge in [-0.3, -0.25) is 9.48 Å². The lowest BCUT2D eigenvalue weighted by molar-refractivity contribution is 0.0690. The van der Waals surface area contributed by atoms with Gasteiger partial charge in [-0.1, -0.05) is 11.6 Å². The highest BCUT2D eigenvalue weighted by Gasteiger charge is 2.24. The molecule has 0 aliphatic heterocycles. The fourth-order valence-corrected chi connectivity index (χ4v) is 3.30. The lowest BCUT2D eigenvalue weighted by atomic mass is 10.1. The van der Waals surface area contributed by atoms with Gasteiger partial charge in [0.15, 0.2) is 0 Å². The van der Waals surface area contributed by atoms with Crippen LogP contribution in [0.1, 0.15) is 29.8 Å². The minimum absolute atomic E-state index is 0.00664. The predicted molar refractivity (Wildman–Crippen MR) is 95.9 cm³/mol. The Balaban J connectivity index is 2.40. The summed E-state index contributed by atoms with van der Waals surface area (Å²) in [7, 11) is -0.552. The monoisotopic (exact) mass is 384 g/mol. The molecule has 25 heavy (non-hydrogen) atoms. The van der Waals surface area contributed by atoms with Crippen molar-refractivity contribution in [3.05, 3.63) is 46.7 Å². The fraction of sp³-hybridized carbons (Fsp3) is 0.375. The Kier molecular flexibility index (Phi) is 5.87. The molecule has 136 valence electrons. The Morgan fingerprint density at radius 3 is 2.60 bits per heavy atom. The number of rotatable bonds is 6. The summed E-state index contributed by atoms with van der Waals surface area (Å²) in [6, 6.07) is 3.98. The average molecular weight is 385 g/mol. The second-order valence-electron chi connectivity index (χ2n) is 5.90. The van der Waals surface area contributed by atoms with Crippen LogP contribution in [0.3, 0.4) is 0 Å². The SMILES string of the molecule is CNS(=O)(=O)c1ccc(Cl)c(C(=O)N(Cc2cnn(C)c2)C(C)C)c1. The number of carbonyl (C=O) groups excluding carboxylic acids is 1. The Bertz CT molecular complexity index is 877. The number of nitrogens with one attached hydrogen (secondary N) is 1. The predicted octanol–water partition coefficient (Wildman–Crippen LogP) is 2.03. The molecule has 0 radical (unpaired) electrons. The minimum atomic E-state index is -3.67. The second kappa shape index (κ2) is 7.55. The summed E-state index contributed by atoms with van der Waals surface area (Å²) in [6.45, 7) is 4.12. The number of hydrogen-bond acceptors (Lipinski definition) is 4. The van der Waals surface area contributed by atoms with Crippen molar-refractivity contribution in [1.29, 1.82) is 0 Å². The topological polar surface area (TPSA) is 84.3 Å². The van der Waals surface area contributed by atoms with Crippen LogP contribution in [0, 0.1) is 0 Å². The lowest BCUT2D eigenvalue weighted by Gasteiger charge is -2.27. The number of aromatic nitrogens is 2. The molecule has 0 bridgehead atoms. The number of hydrogen-bond donors (Lipinski definition) is 1. The Morgan fingerprint density at radius 1 is 1.40 bits per heavy atom. The normalized spacial score (nSPS) is 11.8. The number of aryl methyl sites for hydroxylation is 1. The van der Waals surface area contributed by atoms with Crippen LogP contribution in [-0.4, -0.2) is 42.1 Å². The van der Waals surface area contributed by atoms with E-state index in [9.17, 15) is 13.2 Å². The summed E-state index contributed by atoms with van der Waals surface area (Å²) < 4.78 is 27.9. The molecule has 0 atom stereocenters. The molecule has 1 aromatic heterocycles. The maximum Gasteiger partial charge on any atom is 0.255 e. The molecule has 0 fully saturated rings. The van der Waals surface area contributed by atoms with Crippen molar-refractivity contribution in [3.63, 3.8) is 0 Å². The molecular weight excluding hydrogens is 364 g/mol. The molecule has 0 saturated carbocycles. The molecule has 7 nitrogen and oxygen atoms in total. The van der Waals surface area contributed by atoms with Gasteiger partial charge in [-0.25, -0.2) is 13.1 Å². The van der Waals surface area contributed by atoms with Crippen molar-refractivity contribution in [2.45, 2.75) is 31.3 Å². The van der Waals surface area contributed by atoms with E-state index in [2.05, 4.69) is 9.82 Å². The Labute approximate surface area is 152 Å². The number of halogens is 1. The fourth-order valence-electron chi connectivity index (χ4n) is 2.35. The van der Waals surface area contributed by atoms with Crippen LogP contribution in [-0.2, 0) is 23.6 Å². The van der Waals surface area contributed by atoms with Gasteiger partial charge < -0.3 is 4.90 Å². The molecule has 0 spiro atoms. The van der Waals surface area contributed by atoms with Gasteiger partial charge >= 0.3 is 0 Å². The molecule has 0 aliphatic carbocycles. The summed E-state index contributed by atoms with van der Waals surface area (Å²) in [4.78, 5) is 14.6. The summed E-state index contributed by atoms with van der Waals surface area (Å²) >= 11 is 6.16. The highest BCUT2D eigenvalue weighted by Crippen LogP contribution is 2.23. The van der Waals surface area contributed by atoms with Crippen LogP contribution in [0.4, 0.5) is 0 Å². The van der Waals surface area contributed by atoms with Crippen LogP contribution in [0.15, 0.2) is 35.5 Å². The van der Waals surface area contributed by atoms with Crippen molar-refractivity contribution in [2.24, 2.45) is 7.05 Å². The number of carbonyl (C=O) groups is 1. The van der Waals surface area contributed by atoms with Crippen molar-refractivity contribution >= 4 is 27.5 Å². The molecule has 1 N–H and O–H groups in total. The van der Waals surface area contributed by atoms with E-state index in [1.165, 1.54) is 25.2 Å². The van der Waals surface area contributed by atoms with Gasteiger partial charge in [-0.15, -0.1) is 0 Å². The molecule has 2 aromatic rings. The highest BCUT2D eigenvalue weighted by molar-refractivity contribution is 7.89. The molecule has 2 rings (SSSR count). The summed E-state index contributed by atoms with van der Waals surface area (Å²) in [5.41, 5.74) is 1.02. The largest absolute Gasteiger partial charge is 0.332 e. The lowest BCUT2D eigenvalue weighted by Crippen LogP contribution is -2.36. The highest BCUT2D eigenvalue weighted by atomic mass is 35.5. The number of amides is 1. The third-order valence-electron chi connectivity index (χ3n) is 3.74. The number of sulfonamides is 1. The number of benzene rings is 1. The van der Waals surface area contributed by atoms with Crippen molar-refractivity contribution in [3.8, 4) is 0 Å². The standard InChI is InChI=1S/C16H21ClN4O3S/c1-11(2)21(10-12-8-19-20(4)9-12)16(22)14-7-13(5-6-15(14)17)25(23,24)18-3/h5-9,11,18H,10H2,1-4H3.